The molecule has 1 fully saturated rings. The van der Waals surface area contributed by atoms with E-state index in [1.807, 2.05) is 36.0 Å². The van der Waals surface area contributed by atoms with Crippen LogP contribution < -0.4 is 10.2 Å². The van der Waals surface area contributed by atoms with Crippen molar-refractivity contribution in [3.05, 3.63) is 82.4 Å². The molecule has 0 saturated carbocycles. The van der Waals surface area contributed by atoms with Crippen LogP contribution in [0.25, 0.3) is 0 Å². The van der Waals surface area contributed by atoms with Crippen LogP contribution in [0.1, 0.15) is 23.9 Å². The van der Waals surface area contributed by atoms with E-state index in [0.29, 0.717) is 21.6 Å². The smallest absolute Gasteiger partial charge is 0.227 e. The lowest BCUT2D eigenvalue weighted by Gasteiger charge is -2.22. The Balaban J connectivity index is 1.56. The Morgan fingerprint density at radius 3 is 2.57 bits per heavy atom. The second-order valence-corrected chi connectivity index (χ2v) is 8.09. The fourth-order valence-corrected chi connectivity index (χ4v) is 4.02. The Morgan fingerprint density at radius 2 is 1.90 bits per heavy atom. The second kappa shape index (κ2) is 8.50. The second-order valence-electron chi connectivity index (χ2n) is 7.25. The molecule has 0 aliphatic carbocycles. The maximum Gasteiger partial charge on any atom is 0.227 e. The van der Waals surface area contributed by atoms with Gasteiger partial charge in [0.15, 0.2) is 0 Å². The molecule has 0 radical (unpaired) electrons. The quantitative estimate of drug-likeness (QED) is 0.649. The summed E-state index contributed by atoms with van der Waals surface area (Å²) in [6, 6.07) is 13.9. The van der Waals surface area contributed by atoms with Gasteiger partial charge in [-0.25, -0.2) is 4.98 Å². The largest absolute Gasteiger partial charge is 0.342 e. The van der Waals surface area contributed by atoms with E-state index >= 15 is 0 Å². The Kier molecular flexibility index (Phi) is 5.79. The average Bonchev–Trinajstić information content (AvgIpc) is 3.33. The van der Waals surface area contributed by atoms with Crippen LogP contribution in [0.2, 0.25) is 10.0 Å². The molecule has 6 nitrogen and oxygen atoms in total. The highest BCUT2D eigenvalue weighted by molar-refractivity contribution is 6.34. The highest BCUT2D eigenvalue weighted by Crippen LogP contribution is 2.32. The topological polar surface area (TPSA) is 67.2 Å². The first-order valence-electron chi connectivity index (χ1n) is 9.52. The lowest BCUT2D eigenvalue weighted by Crippen LogP contribution is -2.37. The first-order chi connectivity index (χ1) is 14.4. The Bertz CT molecular complexity index is 1080. The van der Waals surface area contributed by atoms with Crippen LogP contribution in [0.15, 0.2) is 60.9 Å². The van der Waals surface area contributed by atoms with Gasteiger partial charge >= 0.3 is 0 Å². The van der Waals surface area contributed by atoms with Gasteiger partial charge in [0.05, 0.1) is 16.6 Å². The van der Waals surface area contributed by atoms with E-state index in [0.717, 1.165) is 5.56 Å². The molecule has 0 bridgehead atoms. The monoisotopic (exact) mass is 442 g/mol. The van der Waals surface area contributed by atoms with E-state index in [1.54, 1.807) is 41.4 Å². The summed E-state index contributed by atoms with van der Waals surface area (Å²) in [5.74, 6) is -0.120. The van der Waals surface area contributed by atoms with Gasteiger partial charge in [-0.05, 0) is 29.8 Å². The van der Waals surface area contributed by atoms with Crippen molar-refractivity contribution in [2.24, 2.45) is 13.0 Å². The normalized spacial score (nSPS) is 17.2. The molecule has 2 unspecified atom stereocenters. The number of hydrogen-bond donors (Lipinski definition) is 1. The lowest BCUT2D eigenvalue weighted by atomic mass is 10.0. The fraction of sp³-hybridized carbons (Fsp3) is 0.227. The third-order valence-corrected chi connectivity index (χ3v) is 5.82. The third kappa shape index (κ3) is 4.06. The molecule has 1 N–H and O–H groups in total. The van der Waals surface area contributed by atoms with Gasteiger partial charge in [-0.2, -0.15) is 0 Å². The molecule has 1 saturated heterocycles. The molecule has 3 aromatic rings. The number of aryl methyl sites for hydroxylation is 1. The van der Waals surface area contributed by atoms with Gasteiger partial charge in [-0.15, -0.1) is 0 Å². The van der Waals surface area contributed by atoms with Crippen LogP contribution in [0.5, 0.6) is 0 Å². The van der Waals surface area contributed by atoms with Gasteiger partial charge in [0.2, 0.25) is 11.8 Å². The fourth-order valence-electron chi connectivity index (χ4n) is 3.65. The zero-order valence-corrected chi connectivity index (χ0v) is 17.8. The summed E-state index contributed by atoms with van der Waals surface area (Å²) in [7, 11) is 1.87. The van der Waals surface area contributed by atoms with E-state index in [9.17, 15) is 9.59 Å². The molecule has 2 atom stereocenters. The van der Waals surface area contributed by atoms with Gasteiger partial charge in [-0.3, -0.25) is 9.59 Å². The van der Waals surface area contributed by atoms with E-state index in [2.05, 4.69) is 10.3 Å². The van der Waals surface area contributed by atoms with Crippen LogP contribution in [0.4, 0.5) is 5.69 Å². The van der Waals surface area contributed by atoms with Gasteiger partial charge in [0.1, 0.15) is 11.9 Å². The predicted molar refractivity (Wildman–Crippen MR) is 117 cm³/mol. The summed E-state index contributed by atoms with van der Waals surface area (Å²) in [6.45, 7) is 0.280. The highest BCUT2D eigenvalue weighted by Gasteiger charge is 2.37. The van der Waals surface area contributed by atoms with Crippen molar-refractivity contribution in [2.45, 2.75) is 12.5 Å². The molecule has 1 aliphatic heterocycles. The van der Waals surface area contributed by atoms with E-state index < -0.39 is 12.0 Å². The number of amides is 2. The zero-order chi connectivity index (χ0) is 21.3. The average molecular weight is 443 g/mol. The molecule has 2 amide bonds. The number of rotatable bonds is 5. The number of para-hydroxylation sites is 1. The summed E-state index contributed by atoms with van der Waals surface area (Å²) in [5, 5.41) is 4.16. The Morgan fingerprint density at radius 1 is 1.17 bits per heavy atom. The number of anilines is 1. The molecular formula is C22H20Cl2N4O2. The van der Waals surface area contributed by atoms with Crippen molar-refractivity contribution in [3.8, 4) is 0 Å². The number of carbonyl (C=O) groups is 2. The van der Waals surface area contributed by atoms with E-state index in [4.69, 9.17) is 23.2 Å². The van der Waals surface area contributed by atoms with Crippen LogP contribution in [-0.2, 0) is 16.6 Å². The SMILES string of the molecule is Cn1ccnc1C(NC(=O)C1CC(=O)N(c2ccccc2Cl)C1)c1ccc(Cl)cc1. The van der Waals surface area contributed by atoms with Crippen molar-refractivity contribution in [2.75, 3.05) is 11.4 Å². The molecule has 1 aliphatic rings. The zero-order valence-electron chi connectivity index (χ0n) is 16.3. The molecule has 4 rings (SSSR count). The van der Waals surface area contributed by atoms with Crippen LogP contribution in [0, 0.1) is 5.92 Å². The van der Waals surface area contributed by atoms with Crippen molar-refractivity contribution in [1.82, 2.24) is 14.9 Å². The van der Waals surface area contributed by atoms with Crippen molar-refractivity contribution < 1.29 is 9.59 Å². The number of aromatic nitrogens is 2. The van der Waals surface area contributed by atoms with Gasteiger partial charge in [0.25, 0.3) is 0 Å². The number of imidazole rings is 1. The standard InChI is InChI=1S/C22H20Cl2N4O2/c1-27-11-10-25-21(27)20(14-6-8-16(23)9-7-14)26-22(30)15-12-19(29)28(13-15)18-5-3-2-4-17(18)24/h2-11,15,20H,12-13H2,1H3,(H,26,30). The van der Waals surface area contributed by atoms with Crippen LogP contribution in [-0.4, -0.2) is 27.9 Å². The minimum atomic E-state index is -0.483. The number of hydrogen-bond acceptors (Lipinski definition) is 3. The third-order valence-electron chi connectivity index (χ3n) is 5.25. The number of benzene rings is 2. The van der Waals surface area contributed by atoms with E-state index in [-0.39, 0.29) is 24.8 Å². The van der Waals surface area contributed by atoms with Crippen LogP contribution in [0.3, 0.4) is 0 Å². The van der Waals surface area contributed by atoms with E-state index in [1.165, 1.54) is 0 Å². The molecule has 2 aromatic carbocycles. The highest BCUT2D eigenvalue weighted by atomic mass is 35.5. The summed E-state index contributed by atoms with van der Waals surface area (Å²) < 4.78 is 1.86. The maximum atomic E-state index is 13.1. The van der Waals surface area contributed by atoms with Gasteiger partial charge in [0, 0.05) is 37.4 Å². The lowest BCUT2D eigenvalue weighted by molar-refractivity contribution is -0.126. The predicted octanol–water partition coefficient (Wildman–Crippen LogP) is 3.99. The minimum absolute atomic E-state index is 0.122. The molecule has 1 aromatic heterocycles. The Hall–Kier alpha value is -2.83. The summed E-state index contributed by atoms with van der Waals surface area (Å²) in [5.41, 5.74) is 1.48. The molecule has 30 heavy (non-hydrogen) atoms. The molecule has 154 valence electrons. The molecule has 8 heteroatoms. The summed E-state index contributed by atoms with van der Waals surface area (Å²) in [4.78, 5) is 31.7. The van der Waals surface area contributed by atoms with Crippen LogP contribution >= 0.6 is 23.2 Å². The Labute approximate surface area is 184 Å². The van der Waals surface area contributed by atoms with Gasteiger partial charge in [-0.1, -0.05) is 47.5 Å². The van der Waals surface area contributed by atoms with Crippen molar-refractivity contribution in [1.29, 1.82) is 0 Å². The minimum Gasteiger partial charge on any atom is -0.342 e. The maximum absolute atomic E-state index is 13.1. The molecule has 2 heterocycles. The molecular weight excluding hydrogens is 423 g/mol. The number of carbonyl (C=O) groups excluding carboxylic acids is 2. The number of nitrogens with zero attached hydrogens (tertiary/aromatic N) is 3. The number of nitrogens with one attached hydrogen (secondary N) is 1. The van der Waals surface area contributed by atoms with Gasteiger partial charge < -0.3 is 14.8 Å². The molecule has 0 spiro atoms. The van der Waals surface area contributed by atoms with Crippen molar-refractivity contribution in [3.63, 3.8) is 0 Å². The number of halogens is 2. The first kappa shape index (κ1) is 20.4. The summed E-state index contributed by atoms with van der Waals surface area (Å²) in [6.07, 6.45) is 3.64. The first-order valence-corrected chi connectivity index (χ1v) is 10.3. The van der Waals surface area contributed by atoms with Crippen molar-refractivity contribution >= 4 is 40.7 Å². The summed E-state index contributed by atoms with van der Waals surface area (Å²) >= 11 is 12.3.